The SMILES string of the molecule is Cc1ccc(-c2noc(-c3ccc(OCCCCCC(=O)NO)cc3)n2)cc1. The summed E-state index contributed by atoms with van der Waals surface area (Å²) in [5.41, 5.74) is 4.55. The van der Waals surface area contributed by atoms with E-state index in [9.17, 15) is 4.79 Å². The molecule has 0 radical (unpaired) electrons. The van der Waals surface area contributed by atoms with Crippen LogP contribution in [0.15, 0.2) is 53.1 Å². The average Bonchev–Trinajstić information content (AvgIpc) is 3.21. The fraction of sp³-hybridized carbons (Fsp3) is 0.286. The van der Waals surface area contributed by atoms with Gasteiger partial charge in [0.25, 0.3) is 5.89 Å². The van der Waals surface area contributed by atoms with Gasteiger partial charge in [0.2, 0.25) is 11.7 Å². The van der Waals surface area contributed by atoms with Gasteiger partial charge < -0.3 is 9.26 Å². The first kappa shape index (κ1) is 19.6. The number of benzene rings is 2. The fourth-order valence-electron chi connectivity index (χ4n) is 2.66. The van der Waals surface area contributed by atoms with Gasteiger partial charge >= 0.3 is 0 Å². The van der Waals surface area contributed by atoms with Crippen molar-refractivity contribution in [2.75, 3.05) is 6.61 Å². The van der Waals surface area contributed by atoms with E-state index in [1.807, 2.05) is 55.5 Å². The Kier molecular flexibility index (Phi) is 6.75. The molecule has 0 fully saturated rings. The highest BCUT2D eigenvalue weighted by molar-refractivity contribution is 5.74. The number of amides is 1. The topological polar surface area (TPSA) is 97.5 Å². The summed E-state index contributed by atoms with van der Waals surface area (Å²) in [6, 6.07) is 15.5. The van der Waals surface area contributed by atoms with Crippen LogP contribution in [-0.4, -0.2) is 27.9 Å². The van der Waals surface area contributed by atoms with Gasteiger partial charge in [0.15, 0.2) is 0 Å². The van der Waals surface area contributed by atoms with Gasteiger partial charge in [-0.3, -0.25) is 10.0 Å². The molecule has 146 valence electrons. The molecule has 7 heteroatoms. The molecule has 2 N–H and O–H groups in total. The van der Waals surface area contributed by atoms with Crippen LogP contribution < -0.4 is 10.2 Å². The summed E-state index contributed by atoms with van der Waals surface area (Å²) in [5.74, 6) is 1.42. The molecule has 0 atom stereocenters. The Morgan fingerprint density at radius 1 is 1.04 bits per heavy atom. The van der Waals surface area contributed by atoms with Crippen LogP contribution in [0.2, 0.25) is 0 Å². The zero-order chi connectivity index (χ0) is 19.8. The van der Waals surface area contributed by atoms with E-state index in [0.717, 1.165) is 36.1 Å². The lowest BCUT2D eigenvalue weighted by molar-refractivity contribution is -0.129. The summed E-state index contributed by atoms with van der Waals surface area (Å²) in [7, 11) is 0. The zero-order valence-corrected chi connectivity index (χ0v) is 15.7. The average molecular weight is 381 g/mol. The van der Waals surface area contributed by atoms with Crippen LogP contribution >= 0.6 is 0 Å². The minimum absolute atomic E-state index is 0.319. The molecule has 0 saturated carbocycles. The van der Waals surface area contributed by atoms with E-state index in [2.05, 4.69) is 10.1 Å². The van der Waals surface area contributed by atoms with Gasteiger partial charge in [-0.2, -0.15) is 4.98 Å². The summed E-state index contributed by atoms with van der Waals surface area (Å²) in [5, 5.41) is 12.5. The first-order valence-corrected chi connectivity index (χ1v) is 9.22. The maximum atomic E-state index is 10.9. The predicted molar refractivity (Wildman–Crippen MR) is 104 cm³/mol. The molecule has 3 aromatic rings. The first-order valence-electron chi connectivity index (χ1n) is 9.22. The van der Waals surface area contributed by atoms with Crippen LogP contribution in [-0.2, 0) is 4.79 Å². The maximum absolute atomic E-state index is 10.9. The normalized spacial score (nSPS) is 10.6. The van der Waals surface area contributed by atoms with Crippen molar-refractivity contribution < 1.29 is 19.3 Å². The lowest BCUT2D eigenvalue weighted by atomic mass is 10.1. The second kappa shape index (κ2) is 9.66. The third-order valence-corrected chi connectivity index (χ3v) is 4.28. The molecule has 1 heterocycles. The molecule has 3 rings (SSSR count). The van der Waals surface area contributed by atoms with Crippen molar-refractivity contribution >= 4 is 5.91 Å². The number of hydrogen-bond acceptors (Lipinski definition) is 6. The van der Waals surface area contributed by atoms with E-state index in [4.69, 9.17) is 14.5 Å². The van der Waals surface area contributed by atoms with Crippen LogP contribution in [0.5, 0.6) is 5.75 Å². The summed E-state index contributed by atoms with van der Waals surface area (Å²) in [6.07, 6.45) is 2.73. The Labute approximate surface area is 163 Å². The number of carbonyl (C=O) groups is 1. The van der Waals surface area contributed by atoms with E-state index in [1.54, 1.807) is 5.48 Å². The van der Waals surface area contributed by atoms with Crippen molar-refractivity contribution in [2.24, 2.45) is 0 Å². The molecular weight excluding hydrogens is 358 g/mol. The number of hydrogen-bond donors (Lipinski definition) is 2. The molecule has 1 aromatic heterocycles. The number of aromatic nitrogens is 2. The van der Waals surface area contributed by atoms with E-state index in [1.165, 1.54) is 5.56 Å². The first-order chi connectivity index (χ1) is 13.7. The third-order valence-electron chi connectivity index (χ3n) is 4.28. The van der Waals surface area contributed by atoms with Gasteiger partial charge in [-0.25, -0.2) is 5.48 Å². The monoisotopic (exact) mass is 381 g/mol. The van der Waals surface area contributed by atoms with Gasteiger partial charge in [-0.15, -0.1) is 0 Å². The molecule has 0 aliphatic carbocycles. The molecule has 1 amide bonds. The Morgan fingerprint density at radius 2 is 1.75 bits per heavy atom. The maximum Gasteiger partial charge on any atom is 0.258 e. The molecule has 0 aliphatic rings. The van der Waals surface area contributed by atoms with Crippen molar-refractivity contribution in [1.82, 2.24) is 15.6 Å². The second-order valence-electron chi connectivity index (χ2n) is 6.51. The molecule has 2 aromatic carbocycles. The summed E-state index contributed by atoms with van der Waals surface area (Å²) >= 11 is 0. The Morgan fingerprint density at radius 3 is 2.46 bits per heavy atom. The van der Waals surface area contributed by atoms with Crippen LogP contribution in [0.1, 0.15) is 31.2 Å². The van der Waals surface area contributed by atoms with E-state index >= 15 is 0 Å². The molecule has 7 nitrogen and oxygen atoms in total. The Balaban J connectivity index is 1.49. The third kappa shape index (κ3) is 5.40. The number of rotatable bonds is 9. The van der Waals surface area contributed by atoms with Crippen LogP contribution in [0.25, 0.3) is 22.8 Å². The molecule has 0 saturated heterocycles. The van der Waals surface area contributed by atoms with Crippen molar-refractivity contribution in [3.8, 4) is 28.6 Å². The minimum atomic E-state index is -0.358. The number of ether oxygens (including phenoxy) is 1. The lowest BCUT2D eigenvalue weighted by Gasteiger charge is -2.06. The lowest BCUT2D eigenvalue weighted by Crippen LogP contribution is -2.17. The highest BCUT2D eigenvalue weighted by Crippen LogP contribution is 2.24. The summed E-state index contributed by atoms with van der Waals surface area (Å²) in [4.78, 5) is 15.4. The van der Waals surface area contributed by atoms with Crippen LogP contribution in [0, 0.1) is 6.92 Å². The van der Waals surface area contributed by atoms with Gasteiger partial charge in [0, 0.05) is 17.5 Å². The van der Waals surface area contributed by atoms with Crippen molar-refractivity contribution in [2.45, 2.75) is 32.6 Å². The Bertz CT molecular complexity index is 889. The highest BCUT2D eigenvalue weighted by Gasteiger charge is 2.10. The van der Waals surface area contributed by atoms with Crippen LogP contribution in [0.4, 0.5) is 0 Å². The molecular formula is C21H23N3O4. The number of unbranched alkanes of at least 4 members (excludes halogenated alkanes) is 2. The predicted octanol–water partition coefficient (Wildman–Crippen LogP) is 4.16. The standard InChI is InChI=1S/C21H23N3O4/c1-15-6-8-16(9-7-15)20-22-21(28-24-20)17-10-12-18(13-11-17)27-14-4-2-3-5-19(25)23-26/h6-13,26H,2-5,14H2,1H3,(H,23,25). The van der Waals surface area contributed by atoms with Gasteiger partial charge in [0.05, 0.1) is 6.61 Å². The van der Waals surface area contributed by atoms with Crippen molar-refractivity contribution in [1.29, 1.82) is 0 Å². The number of nitrogens with one attached hydrogen (secondary N) is 1. The molecule has 0 unspecified atom stereocenters. The number of carbonyl (C=O) groups excluding carboxylic acids is 1. The number of hydroxylamine groups is 1. The Hall–Kier alpha value is -3.19. The fourth-order valence-corrected chi connectivity index (χ4v) is 2.66. The molecule has 0 bridgehead atoms. The van der Waals surface area contributed by atoms with Gasteiger partial charge in [-0.05, 0) is 50.5 Å². The number of nitrogens with zero attached hydrogens (tertiary/aromatic N) is 2. The second-order valence-corrected chi connectivity index (χ2v) is 6.51. The van der Waals surface area contributed by atoms with E-state index in [0.29, 0.717) is 24.7 Å². The smallest absolute Gasteiger partial charge is 0.258 e. The van der Waals surface area contributed by atoms with Crippen LogP contribution in [0.3, 0.4) is 0 Å². The molecule has 28 heavy (non-hydrogen) atoms. The molecule has 0 aliphatic heterocycles. The van der Waals surface area contributed by atoms with Gasteiger partial charge in [-0.1, -0.05) is 35.0 Å². The van der Waals surface area contributed by atoms with E-state index in [-0.39, 0.29) is 5.91 Å². The minimum Gasteiger partial charge on any atom is -0.494 e. The molecule has 0 spiro atoms. The summed E-state index contributed by atoms with van der Waals surface area (Å²) in [6.45, 7) is 2.60. The van der Waals surface area contributed by atoms with Gasteiger partial charge in [0.1, 0.15) is 5.75 Å². The number of aryl methyl sites for hydroxylation is 1. The van der Waals surface area contributed by atoms with E-state index < -0.39 is 0 Å². The quantitative estimate of drug-likeness (QED) is 0.328. The summed E-state index contributed by atoms with van der Waals surface area (Å²) < 4.78 is 11.1. The highest BCUT2D eigenvalue weighted by atomic mass is 16.5. The zero-order valence-electron chi connectivity index (χ0n) is 15.7. The largest absolute Gasteiger partial charge is 0.494 e. The van der Waals surface area contributed by atoms with Crippen molar-refractivity contribution in [3.63, 3.8) is 0 Å². The van der Waals surface area contributed by atoms with Crippen molar-refractivity contribution in [3.05, 3.63) is 54.1 Å².